The molecule has 4 nitrogen and oxygen atoms in total. The molecule has 6 heteroatoms. The van der Waals surface area contributed by atoms with Crippen molar-refractivity contribution in [3.8, 4) is 0 Å². The molecule has 0 saturated carbocycles. The summed E-state index contributed by atoms with van der Waals surface area (Å²) in [6, 6.07) is 0. The van der Waals surface area contributed by atoms with Gasteiger partial charge >= 0.3 is 6.72 Å². The Kier molecular flexibility index (Phi) is 8.01. The maximum Gasteiger partial charge on any atom is 0.328 e. The highest BCUT2D eigenvalue weighted by Crippen LogP contribution is 2.60. The summed E-state index contributed by atoms with van der Waals surface area (Å²) >= 11 is 1.46. The molecule has 0 aliphatic rings. The molecule has 0 spiro atoms. The van der Waals surface area contributed by atoms with Crippen molar-refractivity contribution in [1.82, 2.24) is 4.67 Å². The van der Waals surface area contributed by atoms with E-state index < -0.39 is 6.72 Å². The van der Waals surface area contributed by atoms with Gasteiger partial charge in [0.25, 0.3) is 0 Å². The first kappa shape index (κ1) is 17.5. The zero-order chi connectivity index (χ0) is 13.5. The standard InChI is InChI=1S/C11H28N2O2PS/c1-7-13(6,8-2)10-11-17-16(14,12(4)5)15-9-3/h7-11H2,1-6H3/q+1. The molecule has 1 unspecified atom stereocenters. The molecule has 0 N–H and O–H groups in total. The molecular weight excluding hydrogens is 255 g/mol. The minimum Gasteiger partial charge on any atom is -0.326 e. The molecule has 0 aromatic carbocycles. The molecule has 0 fully saturated rings. The second-order valence-electron chi connectivity index (χ2n) is 4.54. The maximum absolute atomic E-state index is 12.4. The van der Waals surface area contributed by atoms with Gasteiger partial charge in [-0.1, -0.05) is 0 Å². The average molecular weight is 283 g/mol. The molecule has 0 aromatic rings. The Bertz CT molecular complexity index is 258. The van der Waals surface area contributed by atoms with E-state index in [9.17, 15) is 4.57 Å². The summed E-state index contributed by atoms with van der Waals surface area (Å²) in [5.41, 5.74) is 0. The van der Waals surface area contributed by atoms with Gasteiger partial charge in [0.2, 0.25) is 0 Å². The fraction of sp³-hybridized carbons (Fsp3) is 1.00. The van der Waals surface area contributed by atoms with Crippen molar-refractivity contribution in [1.29, 1.82) is 0 Å². The molecule has 0 rings (SSSR count). The summed E-state index contributed by atoms with van der Waals surface area (Å²) in [7, 11) is 5.87. The third-order valence-corrected chi connectivity index (χ3v) is 8.27. The molecule has 0 aliphatic heterocycles. The molecule has 0 bridgehead atoms. The normalized spacial score (nSPS) is 16.2. The van der Waals surface area contributed by atoms with Crippen molar-refractivity contribution in [2.75, 3.05) is 53.1 Å². The van der Waals surface area contributed by atoms with Gasteiger partial charge in [-0.2, -0.15) is 0 Å². The van der Waals surface area contributed by atoms with Gasteiger partial charge in [0.1, 0.15) is 0 Å². The molecule has 0 saturated heterocycles. The number of hydrogen-bond donors (Lipinski definition) is 0. The zero-order valence-corrected chi connectivity index (χ0v) is 13.8. The van der Waals surface area contributed by atoms with Gasteiger partial charge < -0.3 is 9.01 Å². The molecule has 0 aliphatic carbocycles. The monoisotopic (exact) mass is 283 g/mol. The van der Waals surface area contributed by atoms with E-state index in [2.05, 4.69) is 20.9 Å². The van der Waals surface area contributed by atoms with Crippen LogP contribution in [0.5, 0.6) is 0 Å². The maximum atomic E-state index is 12.4. The third kappa shape index (κ3) is 5.75. The van der Waals surface area contributed by atoms with Crippen LogP contribution in [0.4, 0.5) is 0 Å². The topological polar surface area (TPSA) is 29.5 Å². The molecule has 104 valence electrons. The summed E-state index contributed by atoms with van der Waals surface area (Å²) in [5, 5.41) is 0. The molecule has 0 aromatic heterocycles. The van der Waals surface area contributed by atoms with Crippen molar-refractivity contribution in [2.24, 2.45) is 0 Å². The predicted octanol–water partition coefficient (Wildman–Crippen LogP) is 2.91. The van der Waals surface area contributed by atoms with Gasteiger partial charge in [0, 0.05) is 0 Å². The van der Waals surface area contributed by atoms with E-state index in [0.29, 0.717) is 6.61 Å². The van der Waals surface area contributed by atoms with Crippen molar-refractivity contribution >= 4 is 18.1 Å². The Morgan fingerprint density at radius 3 is 2.12 bits per heavy atom. The van der Waals surface area contributed by atoms with Crippen LogP contribution in [0.3, 0.4) is 0 Å². The largest absolute Gasteiger partial charge is 0.328 e. The Hall–Kier alpha value is 0.460. The van der Waals surface area contributed by atoms with Crippen LogP contribution >= 0.6 is 18.1 Å². The summed E-state index contributed by atoms with van der Waals surface area (Å²) in [6.07, 6.45) is 0. The van der Waals surface area contributed by atoms with E-state index in [1.807, 2.05) is 21.0 Å². The lowest BCUT2D eigenvalue weighted by Crippen LogP contribution is -2.45. The predicted molar refractivity (Wildman–Crippen MR) is 77.5 cm³/mol. The highest BCUT2D eigenvalue weighted by atomic mass is 32.7. The van der Waals surface area contributed by atoms with E-state index in [-0.39, 0.29) is 0 Å². The SMILES string of the molecule is CCOP(=O)(SCC[N+](C)(CC)CC)N(C)C. The van der Waals surface area contributed by atoms with Gasteiger partial charge in [0.15, 0.2) is 0 Å². The lowest BCUT2D eigenvalue weighted by atomic mass is 10.4. The summed E-state index contributed by atoms with van der Waals surface area (Å²) < 4.78 is 20.6. The number of quaternary nitrogens is 1. The summed E-state index contributed by atoms with van der Waals surface area (Å²) in [5.74, 6) is 0.869. The van der Waals surface area contributed by atoms with Crippen LogP contribution in [0.25, 0.3) is 0 Å². The minimum absolute atomic E-state index is 0.496. The van der Waals surface area contributed by atoms with Crippen LogP contribution in [0.1, 0.15) is 20.8 Å². The molecule has 0 amide bonds. The Morgan fingerprint density at radius 1 is 1.24 bits per heavy atom. The first-order valence-corrected chi connectivity index (χ1v) is 9.40. The van der Waals surface area contributed by atoms with Crippen LogP contribution < -0.4 is 0 Å². The van der Waals surface area contributed by atoms with E-state index in [1.54, 1.807) is 4.67 Å². The van der Waals surface area contributed by atoms with Crippen molar-refractivity contribution in [3.05, 3.63) is 0 Å². The summed E-state index contributed by atoms with van der Waals surface area (Å²) in [4.78, 5) is 0. The number of hydrogen-bond acceptors (Lipinski definition) is 3. The smallest absolute Gasteiger partial charge is 0.326 e. The van der Waals surface area contributed by atoms with Crippen molar-refractivity contribution in [3.63, 3.8) is 0 Å². The first-order chi connectivity index (χ1) is 7.83. The molecule has 0 heterocycles. The number of rotatable bonds is 9. The Morgan fingerprint density at radius 2 is 1.76 bits per heavy atom. The van der Waals surface area contributed by atoms with Gasteiger partial charge in [0.05, 0.1) is 39.0 Å². The fourth-order valence-electron chi connectivity index (χ4n) is 1.35. The zero-order valence-electron chi connectivity index (χ0n) is 12.1. The highest BCUT2D eigenvalue weighted by molar-refractivity contribution is 8.55. The van der Waals surface area contributed by atoms with Crippen molar-refractivity contribution < 1.29 is 13.6 Å². The Labute approximate surface area is 111 Å². The second kappa shape index (κ2) is 7.80. The Balaban J connectivity index is 4.29. The van der Waals surface area contributed by atoms with Gasteiger partial charge in [-0.25, -0.2) is 4.67 Å². The van der Waals surface area contributed by atoms with Crippen LogP contribution in [0.2, 0.25) is 0 Å². The molecule has 17 heavy (non-hydrogen) atoms. The van der Waals surface area contributed by atoms with E-state index in [4.69, 9.17) is 4.52 Å². The average Bonchev–Trinajstić information content (AvgIpc) is 2.29. The lowest BCUT2D eigenvalue weighted by Gasteiger charge is -2.32. The summed E-state index contributed by atoms with van der Waals surface area (Å²) in [6.45, 7) is 7.36. The van der Waals surface area contributed by atoms with Gasteiger partial charge in [-0.05, 0) is 46.2 Å². The van der Waals surface area contributed by atoms with E-state index in [0.717, 1.165) is 29.9 Å². The molecular formula is C11H28N2O2PS+. The molecule has 0 radical (unpaired) electrons. The first-order valence-electron chi connectivity index (χ1n) is 6.24. The lowest BCUT2D eigenvalue weighted by molar-refractivity contribution is -0.903. The van der Waals surface area contributed by atoms with Gasteiger partial charge in [-0.15, -0.1) is 0 Å². The van der Waals surface area contributed by atoms with Crippen LogP contribution in [0, 0.1) is 0 Å². The van der Waals surface area contributed by atoms with E-state index >= 15 is 0 Å². The van der Waals surface area contributed by atoms with Crippen LogP contribution in [-0.4, -0.2) is 62.3 Å². The van der Waals surface area contributed by atoms with Crippen molar-refractivity contribution in [2.45, 2.75) is 20.8 Å². The van der Waals surface area contributed by atoms with Gasteiger partial charge in [-0.3, -0.25) is 4.57 Å². The third-order valence-electron chi connectivity index (χ3n) is 3.19. The number of nitrogens with zero attached hydrogens (tertiary/aromatic N) is 2. The fourth-order valence-corrected chi connectivity index (χ4v) is 5.13. The molecule has 1 atom stereocenters. The van der Waals surface area contributed by atoms with E-state index in [1.165, 1.54) is 11.4 Å². The highest BCUT2D eigenvalue weighted by Gasteiger charge is 2.28. The quantitative estimate of drug-likeness (QED) is 0.481. The van der Waals surface area contributed by atoms with Crippen LogP contribution in [-0.2, 0) is 9.09 Å². The van der Waals surface area contributed by atoms with Crippen LogP contribution in [0.15, 0.2) is 0 Å². The minimum atomic E-state index is -2.66. The second-order valence-corrected chi connectivity index (χ2v) is 9.36.